The quantitative estimate of drug-likeness (QED) is 0.805. The van der Waals surface area contributed by atoms with Gasteiger partial charge in [-0.3, -0.25) is 9.78 Å². The number of methoxy groups -OCH3 is 1. The monoisotopic (exact) mass is 319 g/mol. The number of hydrogen-bond acceptors (Lipinski definition) is 4. The van der Waals surface area contributed by atoms with Crippen LogP contribution in [0.4, 0.5) is 0 Å². The Hall–Kier alpha value is -1.46. The highest BCUT2D eigenvalue weighted by molar-refractivity contribution is 5.78. The van der Waals surface area contributed by atoms with Crippen molar-refractivity contribution in [2.24, 2.45) is 5.92 Å². The minimum absolute atomic E-state index is 0.143. The Bertz CT molecular complexity index is 505. The van der Waals surface area contributed by atoms with E-state index < -0.39 is 0 Å². The first-order chi connectivity index (χ1) is 11.0. The second kappa shape index (κ2) is 8.41. The molecule has 0 aromatic carbocycles. The zero-order valence-electron chi connectivity index (χ0n) is 14.8. The molecule has 1 aromatic heterocycles. The maximum Gasteiger partial charge on any atom is 0.225 e. The standard InChI is InChI=1S/C18H29N3O2/c1-14-11-15(2)19-17(12-14)13-20(3)18(22)16-5-7-21(8-6-16)9-10-23-4/h11-12,16H,5-10,13H2,1-4H3. The van der Waals surface area contributed by atoms with Crippen molar-refractivity contribution in [1.29, 1.82) is 0 Å². The molecule has 5 heteroatoms. The lowest BCUT2D eigenvalue weighted by Gasteiger charge is -2.33. The topological polar surface area (TPSA) is 45.7 Å². The number of carbonyl (C=O) groups excluding carboxylic acids is 1. The zero-order valence-corrected chi connectivity index (χ0v) is 14.8. The van der Waals surface area contributed by atoms with E-state index in [1.165, 1.54) is 5.56 Å². The number of aryl methyl sites for hydroxylation is 2. The molecule has 0 radical (unpaired) electrons. The third-order valence-corrected chi connectivity index (χ3v) is 4.47. The molecule has 1 aliphatic heterocycles. The number of pyridine rings is 1. The van der Waals surface area contributed by atoms with Crippen molar-refractivity contribution < 1.29 is 9.53 Å². The fourth-order valence-electron chi connectivity index (χ4n) is 3.26. The number of rotatable bonds is 6. The summed E-state index contributed by atoms with van der Waals surface area (Å²) in [5.41, 5.74) is 3.17. The maximum absolute atomic E-state index is 12.6. The number of aromatic nitrogens is 1. The van der Waals surface area contributed by atoms with Crippen molar-refractivity contribution in [1.82, 2.24) is 14.8 Å². The van der Waals surface area contributed by atoms with Crippen LogP contribution in [0.15, 0.2) is 12.1 Å². The van der Waals surface area contributed by atoms with Crippen LogP contribution in [0, 0.1) is 19.8 Å². The van der Waals surface area contributed by atoms with Gasteiger partial charge >= 0.3 is 0 Å². The normalized spacial score (nSPS) is 16.5. The Morgan fingerprint density at radius 2 is 2.04 bits per heavy atom. The van der Waals surface area contributed by atoms with Crippen LogP contribution in [0.3, 0.4) is 0 Å². The second-order valence-electron chi connectivity index (χ2n) is 6.58. The van der Waals surface area contributed by atoms with Gasteiger partial charge in [0.2, 0.25) is 5.91 Å². The van der Waals surface area contributed by atoms with Gasteiger partial charge in [0, 0.05) is 32.3 Å². The Kier molecular flexibility index (Phi) is 6.54. The zero-order chi connectivity index (χ0) is 16.8. The lowest BCUT2D eigenvalue weighted by Crippen LogP contribution is -2.42. The average molecular weight is 319 g/mol. The van der Waals surface area contributed by atoms with Gasteiger partial charge in [-0.15, -0.1) is 0 Å². The van der Waals surface area contributed by atoms with Crippen LogP contribution in [0.2, 0.25) is 0 Å². The molecule has 23 heavy (non-hydrogen) atoms. The number of amides is 1. The summed E-state index contributed by atoms with van der Waals surface area (Å²) in [7, 11) is 3.62. The first kappa shape index (κ1) is 17.9. The number of hydrogen-bond donors (Lipinski definition) is 0. The summed E-state index contributed by atoms with van der Waals surface area (Å²) in [5, 5.41) is 0. The molecule has 128 valence electrons. The van der Waals surface area contributed by atoms with Crippen molar-refractivity contribution in [2.75, 3.05) is 40.4 Å². The van der Waals surface area contributed by atoms with Gasteiger partial charge in [0.05, 0.1) is 18.8 Å². The molecule has 0 bridgehead atoms. The largest absolute Gasteiger partial charge is 0.383 e. The number of nitrogens with zero attached hydrogens (tertiary/aromatic N) is 3. The Morgan fingerprint density at radius 3 is 2.65 bits per heavy atom. The molecular weight excluding hydrogens is 290 g/mol. The summed E-state index contributed by atoms with van der Waals surface area (Å²) >= 11 is 0. The molecule has 0 unspecified atom stereocenters. The fraction of sp³-hybridized carbons (Fsp3) is 0.667. The molecule has 1 amide bonds. The van der Waals surface area contributed by atoms with Crippen molar-refractivity contribution >= 4 is 5.91 Å². The SMILES string of the molecule is COCCN1CCC(C(=O)N(C)Cc2cc(C)cc(C)n2)CC1. The Labute approximate surface area is 139 Å². The van der Waals surface area contributed by atoms with Gasteiger partial charge < -0.3 is 14.5 Å². The molecule has 0 atom stereocenters. The molecule has 0 spiro atoms. The molecule has 0 saturated carbocycles. The van der Waals surface area contributed by atoms with Crippen molar-refractivity contribution in [3.05, 3.63) is 29.1 Å². The summed E-state index contributed by atoms with van der Waals surface area (Å²) < 4.78 is 5.12. The van der Waals surface area contributed by atoms with Crippen LogP contribution in [-0.4, -0.2) is 61.1 Å². The summed E-state index contributed by atoms with van der Waals surface area (Å²) in [5.74, 6) is 0.391. The minimum Gasteiger partial charge on any atom is -0.383 e. The Balaban J connectivity index is 1.85. The van der Waals surface area contributed by atoms with Crippen molar-refractivity contribution in [3.8, 4) is 0 Å². The van der Waals surface area contributed by atoms with Gasteiger partial charge in [0.25, 0.3) is 0 Å². The highest BCUT2D eigenvalue weighted by atomic mass is 16.5. The number of ether oxygens (including phenoxy) is 1. The molecule has 0 aliphatic carbocycles. The summed E-state index contributed by atoms with van der Waals surface area (Å²) in [6.45, 7) is 8.33. The molecule has 1 aliphatic rings. The van der Waals surface area contributed by atoms with E-state index in [0.29, 0.717) is 6.54 Å². The van der Waals surface area contributed by atoms with E-state index in [1.54, 1.807) is 7.11 Å². The minimum atomic E-state index is 0.143. The van der Waals surface area contributed by atoms with E-state index in [4.69, 9.17) is 4.74 Å². The first-order valence-corrected chi connectivity index (χ1v) is 8.40. The van der Waals surface area contributed by atoms with Gasteiger partial charge in [-0.05, 0) is 57.5 Å². The van der Waals surface area contributed by atoms with Crippen LogP contribution in [0.25, 0.3) is 0 Å². The van der Waals surface area contributed by atoms with E-state index in [2.05, 4.69) is 28.9 Å². The van der Waals surface area contributed by atoms with E-state index in [9.17, 15) is 4.79 Å². The molecule has 5 nitrogen and oxygen atoms in total. The lowest BCUT2D eigenvalue weighted by molar-refractivity contribution is -0.136. The van der Waals surface area contributed by atoms with Crippen LogP contribution in [0.1, 0.15) is 29.8 Å². The van der Waals surface area contributed by atoms with Crippen LogP contribution in [-0.2, 0) is 16.1 Å². The number of carbonyl (C=O) groups is 1. The molecule has 2 heterocycles. The van der Waals surface area contributed by atoms with Crippen LogP contribution >= 0.6 is 0 Å². The number of likely N-dealkylation sites (tertiary alicyclic amines) is 1. The first-order valence-electron chi connectivity index (χ1n) is 8.40. The lowest BCUT2D eigenvalue weighted by atomic mass is 9.95. The molecule has 0 N–H and O–H groups in total. The summed E-state index contributed by atoms with van der Waals surface area (Å²) in [6, 6.07) is 4.12. The third kappa shape index (κ3) is 5.29. The van der Waals surface area contributed by atoms with Gasteiger partial charge in [0.15, 0.2) is 0 Å². The van der Waals surface area contributed by atoms with E-state index in [1.807, 2.05) is 18.9 Å². The molecular formula is C18H29N3O2. The van der Waals surface area contributed by atoms with Crippen LogP contribution in [0.5, 0.6) is 0 Å². The third-order valence-electron chi connectivity index (χ3n) is 4.47. The predicted molar refractivity (Wildman–Crippen MR) is 91.2 cm³/mol. The maximum atomic E-state index is 12.6. The molecule has 1 saturated heterocycles. The van der Waals surface area contributed by atoms with E-state index >= 15 is 0 Å². The molecule has 1 fully saturated rings. The summed E-state index contributed by atoms with van der Waals surface area (Å²) in [4.78, 5) is 21.4. The van der Waals surface area contributed by atoms with Gasteiger partial charge in [-0.1, -0.05) is 0 Å². The summed E-state index contributed by atoms with van der Waals surface area (Å²) in [6.07, 6.45) is 1.88. The Morgan fingerprint density at radius 1 is 1.35 bits per heavy atom. The highest BCUT2D eigenvalue weighted by Gasteiger charge is 2.27. The smallest absolute Gasteiger partial charge is 0.225 e. The van der Waals surface area contributed by atoms with Gasteiger partial charge in [0.1, 0.15) is 0 Å². The predicted octanol–water partition coefficient (Wildman–Crippen LogP) is 2.02. The molecule has 2 rings (SSSR count). The van der Waals surface area contributed by atoms with Crippen molar-refractivity contribution in [2.45, 2.75) is 33.2 Å². The van der Waals surface area contributed by atoms with Crippen molar-refractivity contribution in [3.63, 3.8) is 0 Å². The molecule has 1 aromatic rings. The average Bonchev–Trinajstić information content (AvgIpc) is 2.51. The van der Waals surface area contributed by atoms with Crippen LogP contribution < -0.4 is 0 Å². The second-order valence-corrected chi connectivity index (χ2v) is 6.58. The van der Waals surface area contributed by atoms with E-state index in [-0.39, 0.29) is 11.8 Å². The van der Waals surface area contributed by atoms with Gasteiger partial charge in [-0.2, -0.15) is 0 Å². The number of piperidine rings is 1. The van der Waals surface area contributed by atoms with E-state index in [0.717, 1.165) is 50.5 Å². The van der Waals surface area contributed by atoms with Gasteiger partial charge in [-0.25, -0.2) is 0 Å². The fourth-order valence-corrected chi connectivity index (χ4v) is 3.26. The highest BCUT2D eigenvalue weighted by Crippen LogP contribution is 2.20.